The Morgan fingerprint density at radius 1 is 0.632 bits per heavy atom. The van der Waals surface area contributed by atoms with Crippen LogP contribution in [0.25, 0.3) is 0 Å². The largest absolute Gasteiger partial charge is 0.394 e. The van der Waals surface area contributed by atoms with Gasteiger partial charge < -0.3 is 54.2 Å². The molecule has 2 unspecified atom stereocenters. The first-order chi connectivity index (χ1) is 33.2. The van der Waals surface area contributed by atoms with Crippen LogP contribution in [0.5, 0.6) is 0 Å². The fraction of sp³-hybridized carbons (Fsp3) is 0.836. The van der Waals surface area contributed by atoms with E-state index in [0.717, 1.165) is 38.5 Å². The summed E-state index contributed by atoms with van der Waals surface area (Å²) in [5.74, 6) is -0.609. The lowest BCUT2D eigenvalue weighted by molar-refractivity contribution is -0.302. The number of hydrogen-bond acceptors (Lipinski definition) is 12. The number of rotatable bonds is 45. The molecule has 0 aliphatic carbocycles. The van der Waals surface area contributed by atoms with Gasteiger partial charge in [0.05, 0.1) is 58.9 Å². The lowest BCUT2D eigenvalue weighted by Crippen LogP contribution is -2.59. The zero-order valence-corrected chi connectivity index (χ0v) is 43.1. The topological polar surface area (TPSA) is 169 Å². The Morgan fingerprint density at radius 3 is 1.65 bits per heavy atom. The number of nitrogens with one attached hydrogen (secondary N) is 1. The molecule has 1 amide bonds. The zero-order chi connectivity index (χ0) is 49.2. The molecule has 2 rings (SSSR count). The summed E-state index contributed by atoms with van der Waals surface area (Å²) >= 11 is 0. The fourth-order valence-corrected chi connectivity index (χ4v) is 8.58. The van der Waals surface area contributed by atoms with Crippen molar-refractivity contribution in [2.24, 2.45) is 0 Å². The van der Waals surface area contributed by atoms with E-state index < -0.39 is 43.1 Å². The molecule has 2 saturated heterocycles. The molecule has 0 aromatic rings. The lowest BCUT2D eigenvalue weighted by Gasteiger charge is -2.39. The predicted octanol–water partition coefficient (Wildman–Crippen LogP) is 9.40. The third kappa shape index (κ3) is 31.4. The molecular weight excluding hydrogens is 865 g/mol. The first-order valence-electron chi connectivity index (χ1n) is 27.2. The van der Waals surface area contributed by atoms with Gasteiger partial charge in [0.2, 0.25) is 5.91 Å². The van der Waals surface area contributed by atoms with Gasteiger partial charge >= 0.3 is 0 Å². The van der Waals surface area contributed by atoms with Gasteiger partial charge in [0.15, 0.2) is 12.1 Å². The van der Waals surface area contributed by atoms with Crippen LogP contribution in [0.15, 0.2) is 48.6 Å². The normalized spacial score (nSPS) is 22.1. The number of unbranched alkanes of at least 4 members (excludes halogenated alkanes) is 18. The van der Waals surface area contributed by atoms with Gasteiger partial charge in [-0.1, -0.05) is 140 Å². The van der Waals surface area contributed by atoms with E-state index >= 15 is 0 Å². The van der Waals surface area contributed by atoms with E-state index in [2.05, 4.69) is 67.8 Å². The minimum atomic E-state index is -1.49. The van der Waals surface area contributed by atoms with Crippen molar-refractivity contribution in [2.45, 2.75) is 223 Å². The summed E-state index contributed by atoms with van der Waals surface area (Å²) in [5, 5.41) is 42.0. The summed E-state index contributed by atoms with van der Waals surface area (Å²) in [5.41, 5.74) is 0. The fourth-order valence-electron chi connectivity index (χ4n) is 8.58. The number of nitrogens with zero attached hydrogens (tertiary/aromatic N) is 1. The molecule has 0 bridgehead atoms. The van der Waals surface area contributed by atoms with E-state index in [-0.39, 0.29) is 31.8 Å². The third-order valence-corrected chi connectivity index (χ3v) is 12.7. The number of carbonyl (C=O) groups excluding carboxylic acids is 1. The Kier molecular flexibility index (Phi) is 39.0. The number of likely N-dealkylation sites (N-methyl/N-ethyl adjacent to an activating group) is 1. The number of aliphatic hydroxyl groups is 4. The summed E-state index contributed by atoms with van der Waals surface area (Å²) in [6.45, 7) is 6.99. The Labute approximate surface area is 413 Å². The highest BCUT2D eigenvalue weighted by molar-refractivity contribution is 5.77. The molecule has 2 fully saturated rings. The predicted molar refractivity (Wildman–Crippen MR) is 273 cm³/mol. The smallest absolute Gasteiger partial charge is 0.234 e. The summed E-state index contributed by atoms with van der Waals surface area (Å²) < 4.78 is 35.1. The van der Waals surface area contributed by atoms with Crippen molar-refractivity contribution in [3.8, 4) is 0 Å². The van der Waals surface area contributed by atoms with Crippen LogP contribution in [-0.4, -0.2) is 147 Å². The molecule has 0 aromatic heterocycles. The standard InChI is InChI=1S/C55H100N2O11/c1-4-6-8-10-12-14-16-18-20-22-24-26-28-30-32-34-36-55(37-35-33-31-29-27-25-23-21-19-17-15-13-11-9-7-5-2)66-47-48(68-55)44-57(3)45-50(59)56-38-39-63-40-41-64-42-43-65-54-53(62)52(61)51(60)49(46-58)67-54/h12-15,18-21,48-49,51-54,58,60-62H,4-11,16-17,22-47H2,1-3H3,(H,56,59)/b14-12-,15-13-,20-18-,21-19-/t48-,49+,51+,52?,53?,54+/m0/s1. The maximum Gasteiger partial charge on any atom is 0.234 e. The first kappa shape index (κ1) is 62.1. The minimum absolute atomic E-state index is 0.0683. The second-order valence-corrected chi connectivity index (χ2v) is 19.0. The summed E-state index contributed by atoms with van der Waals surface area (Å²) in [6.07, 6.45) is 43.2. The quantitative estimate of drug-likeness (QED) is 0.0290. The average molecular weight is 965 g/mol. The summed E-state index contributed by atoms with van der Waals surface area (Å²) in [7, 11) is 1.95. The molecule has 0 spiro atoms. The van der Waals surface area contributed by atoms with Gasteiger partial charge in [-0.2, -0.15) is 0 Å². The van der Waals surface area contributed by atoms with Gasteiger partial charge in [0.25, 0.3) is 0 Å². The highest BCUT2D eigenvalue weighted by Gasteiger charge is 2.44. The van der Waals surface area contributed by atoms with Crippen molar-refractivity contribution < 1.29 is 53.6 Å². The van der Waals surface area contributed by atoms with Crippen molar-refractivity contribution in [1.29, 1.82) is 0 Å². The van der Waals surface area contributed by atoms with Crippen LogP contribution in [0.3, 0.4) is 0 Å². The van der Waals surface area contributed by atoms with Crippen LogP contribution >= 0.6 is 0 Å². The number of amides is 1. The summed E-state index contributed by atoms with van der Waals surface area (Å²) in [4.78, 5) is 14.7. The van der Waals surface area contributed by atoms with Gasteiger partial charge in [-0.3, -0.25) is 9.69 Å². The van der Waals surface area contributed by atoms with Crippen molar-refractivity contribution in [2.75, 3.05) is 72.9 Å². The van der Waals surface area contributed by atoms with Crippen LogP contribution in [0.4, 0.5) is 0 Å². The zero-order valence-electron chi connectivity index (χ0n) is 43.1. The number of ether oxygens (including phenoxy) is 6. The van der Waals surface area contributed by atoms with E-state index in [1.165, 1.54) is 128 Å². The number of carbonyl (C=O) groups is 1. The van der Waals surface area contributed by atoms with Crippen molar-refractivity contribution in [1.82, 2.24) is 10.2 Å². The van der Waals surface area contributed by atoms with Crippen LogP contribution < -0.4 is 5.32 Å². The molecule has 2 aliphatic heterocycles. The maximum absolute atomic E-state index is 12.7. The van der Waals surface area contributed by atoms with E-state index in [0.29, 0.717) is 39.5 Å². The molecule has 68 heavy (non-hydrogen) atoms. The molecule has 5 N–H and O–H groups in total. The van der Waals surface area contributed by atoms with E-state index in [1.54, 1.807) is 0 Å². The van der Waals surface area contributed by atoms with E-state index in [1.807, 2.05) is 11.9 Å². The van der Waals surface area contributed by atoms with Gasteiger partial charge in [-0.05, 0) is 84.1 Å². The average Bonchev–Trinajstić information content (AvgIpc) is 3.73. The van der Waals surface area contributed by atoms with Crippen LogP contribution in [-0.2, 0) is 33.2 Å². The van der Waals surface area contributed by atoms with Crippen LogP contribution in [0.2, 0.25) is 0 Å². The Morgan fingerprint density at radius 2 is 1.12 bits per heavy atom. The van der Waals surface area contributed by atoms with E-state index in [4.69, 9.17) is 28.4 Å². The molecule has 0 aromatic carbocycles. The monoisotopic (exact) mass is 965 g/mol. The maximum atomic E-state index is 12.7. The number of allylic oxidation sites excluding steroid dienone is 8. The number of aliphatic hydroxyl groups excluding tert-OH is 4. The molecule has 6 atom stereocenters. The Bertz CT molecular complexity index is 1250. The van der Waals surface area contributed by atoms with Gasteiger partial charge in [0, 0.05) is 25.9 Å². The minimum Gasteiger partial charge on any atom is -0.394 e. The van der Waals surface area contributed by atoms with Crippen molar-refractivity contribution in [3.63, 3.8) is 0 Å². The Hall–Kier alpha value is -2.01. The second-order valence-electron chi connectivity index (χ2n) is 19.0. The van der Waals surface area contributed by atoms with Gasteiger partial charge in [-0.25, -0.2) is 0 Å². The molecular formula is C55H100N2O11. The molecule has 2 heterocycles. The molecule has 0 radical (unpaired) electrons. The molecule has 13 nitrogen and oxygen atoms in total. The highest BCUT2D eigenvalue weighted by Crippen LogP contribution is 2.35. The first-order valence-corrected chi connectivity index (χ1v) is 27.2. The summed E-state index contributed by atoms with van der Waals surface area (Å²) in [6, 6.07) is 0. The van der Waals surface area contributed by atoms with Gasteiger partial charge in [-0.15, -0.1) is 0 Å². The van der Waals surface area contributed by atoms with Crippen LogP contribution in [0.1, 0.15) is 181 Å². The highest BCUT2D eigenvalue weighted by atomic mass is 16.7. The lowest BCUT2D eigenvalue weighted by atomic mass is 9.98. The SMILES string of the molecule is CCCCC/C=C\C/C=C\CCCCCCCCC1(CCCCCCCC/C=C\C/C=C\CCCCC)OC[C@H](CN(C)CC(=O)NCCOCCOCCO[C@@H]2O[C@H](CO)[C@@H](O)C(O)C2O)O1. The second kappa shape index (κ2) is 42.7. The van der Waals surface area contributed by atoms with Crippen molar-refractivity contribution in [3.05, 3.63) is 48.6 Å². The van der Waals surface area contributed by atoms with Crippen LogP contribution in [0, 0.1) is 0 Å². The number of hydrogen-bond donors (Lipinski definition) is 5. The molecule has 13 heteroatoms. The van der Waals surface area contributed by atoms with Gasteiger partial charge in [0.1, 0.15) is 24.4 Å². The molecule has 396 valence electrons. The Balaban J connectivity index is 1.63. The molecule has 0 saturated carbocycles. The third-order valence-electron chi connectivity index (χ3n) is 12.7. The van der Waals surface area contributed by atoms with Crippen molar-refractivity contribution >= 4 is 5.91 Å². The van der Waals surface area contributed by atoms with E-state index in [9.17, 15) is 25.2 Å². The molecule has 2 aliphatic rings.